The largest absolute Gasteiger partial charge is 0.454 e. The van der Waals surface area contributed by atoms with Gasteiger partial charge in [0, 0.05) is 6.42 Å². The summed E-state index contributed by atoms with van der Waals surface area (Å²) in [5.41, 5.74) is 0. The van der Waals surface area contributed by atoms with E-state index in [0.717, 1.165) is 89.9 Å². The van der Waals surface area contributed by atoms with Gasteiger partial charge in [0.15, 0.2) is 12.4 Å². The molecule has 0 aliphatic carbocycles. The van der Waals surface area contributed by atoms with Crippen molar-refractivity contribution in [1.82, 2.24) is 5.32 Å². The SMILES string of the molecule is CC/C=C\C/C=C\C/C=C\C/C=C\C/C=C\CCCCCC(=O)OC1C(OCC(NC(=O)C(O)CCCCCCCCCCCCCCC)C(O)/C=C/CCCCCCCCCCCCC)OC(CO)C(O)C1O. The van der Waals surface area contributed by atoms with E-state index in [-0.39, 0.29) is 19.4 Å². The number of rotatable bonds is 50. The fraction of sp³-hybridized carbons (Fsp3) is 0.778. The number of allylic oxidation sites excluding steroid dienone is 11. The van der Waals surface area contributed by atoms with E-state index in [1.165, 1.54) is 116 Å². The zero-order valence-corrected chi connectivity index (χ0v) is 47.2. The van der Waals surface area contributed by atoms with E-state index in [1.54, 1.807) is 6.08 Å². The molecule has 8 unspecified atom stereocenters. The number of amides is 1. The normalized spacial score (nSPS) is 19.8. The first-order valence-corrected chi connectivity index (χ1v) is 30.2. The molecule has 1 rings (SSSR count). The second-order valence-electron chi connectivity index (χ2n) is 20.7. The van der Waals surface area contributed by atoms with Crippen LogP contribution in [0.1, 0.15) is 252 Å². The molecule has 428 valence electrons. The minimum atomic E-state index is -1.63. The molecule has 11 nitrogen and oxygen atoms in total. The van der Waals surface area contributed by atoms with E-state index >= 15 is 0 Å². The summed E-state index contributed by atoms with van der Waals surface area (Å²) in [6.45, 7) is 5.66. The van der Waals surface area contributed by atoms with E-state index < -0.39 is 67.4 Å². The Balaban J connectivity index is 2.73. The van der Waals surface area contributed by atoms with Gasteiger partial charge in [0.2, 0.25) is 5.91 Å². The predicted molar refractivity (Wildman–Crippen MR) is 306 cm³/mol. The van der Waals surface area contributed by atoms with E-state index in [0.29, 0.717) is 12.8 Å². The molecule has 8 atom stereocenters. The van der Waals surface area contributed by atoms with Gasteiger partial charge in [-0.3, -0.25) is 9.59 Å². The highest BCUT2D eigenvalue weighted by Crippen LogP contribution is 2.26. The third-order valence-electron chi connectivity index (χ3n) is 13.9. The molecule has 0 bridgehead atoms. The Kier molecular flexibility index (Phi) is 47.5. The molecule has 1 fully saturated rings. The number of aliphatic hydroxyl groups is 5. The van der Waals surface area contributed by atoms with Crippen LogP contribution < -0.4 is 5.32 Å². The summed E-state index contributed by atoms with van der Waals surface area (Å²) in [4.78, 5) is 26.5. The Labute approximate surface area is 451 Å². The number of nitrogens with one attached hydrogen (secondary N) is 1. The number of esters is 1. The van der Waals surface area contributed by atoms with Crippen LogP contribution in [0.15, 0.2) is 72.9 Å². The van der Waals surface area contributed by atoms with E-state index in [4.69, 9.17) is 14.2 Å². The first kappa shape index (κ1) is 69.1. The van der Waals surface area contributed by atoms with Gasteiger partial charge in [-0.2, -0.15) is 0 Å². The third kappa shape index (κ3) is 38.6. The van der Waals surface area contributed by atoms with Crippen molar-refractivity contribution in [1.29, 1.82) is 0 Å². The first-order chi connectivity index (χ1) is 36.2. The average molecular weight is 1040 g/mol. The molecule has 1 saturated heterocycles. The molecule has 6 N–H and O–H groups in total. The topological polar surface area (TPSA) is 175 Å². The Morgan fingerprint density at radius 3 is 1.46 bits per heavy atom. The standard InChI is InChI=1S/C63H111NO10/c1-4-7-10-13-16-19-22-25-26-27-28-29-30-33-36-39-42-45-48-51-58(68)74-61-60(70)59(69)57(52-65)73-63(61)72-53-54(55(66)49-46-43-40-37-34-31-23-20-17-14-11-8-5-2)64-62(71)56(67)50-47-44-41-38-35-32-24-21-18-15-12-9-6-3/h7,10,16,19,25-26,28-29,33,36,46,49,54-57,59-61,63,65-67,69-70H,4-6,8-9,11-15,17-18,20-24,27,30-32,34-35,37-45,47-48,50-53H2,1-3H3,(H,64,71)/b10-7-,19-16-,26-25-,29-28-,36-33-,49-46+. The maximum Gasteiger partial charge on any atom is 0.306 e. The number of ether oxygens (including phenoxy) is 3. The van der Waals surface area contributed by atoms with Crippen molar-refractivity contribution in [3.05, 3.63) is 72.9 Å². The van der Waals surface area contributed by atoms with Gasteiger partial charge in [0.25, 0.3) is 0 Å². The Morgan fingerprint density at radius 1 is 0.541 bits per heavy atom. The van der Waals surface area contributed by atoms with Crippen molar-refractivity contribution >= 4 is 11.9 Å². The first-order valence-electron chi connectivity index (χ1n) is 30.2. The summed E-state index contributed by atoms with van der Waals surface area (Å²) in [6.07, 6.45) is 53.6. The highest BCUT2D eigenvalue weighted by atomic mass is 16.7. The molecular formula is C63H111NO10. The van der Waals surface area contributed by atoms with Gasteiger partial charge in [0.1, 0.15) is 24.4 Å². The van der Waals surface area contributed by atoms with Gasteiger partial charge >= 0.3 is 5.97 Å². The van der Waals surface area contributed by atoms with Crippen molar-refractivity contribution < 1.29 is 49.3 Å². The maximum absolute atomic E-state index is 13.4. The number of unbranched alkanes of at least 4 members (excludes halogenated alkanes) is 26. The van der Waals surface area contributed by atoms with Crippen molar-refractivity contribution in [2.75, 3.05) is 13.2 Å². The zero-order chi connectivity index (χ0) is 54.0. The monoisotopic (exact) mass is 1040 g/mol. The smallest absolute Gasteiger partial charge is 0.306 e. The summed E-state index contributed by atoms with van der Waals surface area (Å²) >= 11 is 0. The molecule has 0 saturated carbocycles. The summed E-state index contributed by atoms with van der Waals surface area (Å²) in [5, 5.41) is 56.9. The molecule has 74 heavy (non-hydrogen) atoms. The van der Waals surface area contributed by atoms with Crippen LogP contribution in [-0.2, 0) is 23.8 Å². The summed E-state index contributed by atoms with van der Waals surface area (Å²) < 4.78 is 17.6. The molecule has 0 spiro atoms. The second kappa shape index (κ2) is 50.9. The Bertz CT molecular complexity index is 1480. The average Bonchev–Trinajstić information content (AvgIpc) is 3.40. The van der Waals surface area contributed by atoms with Crippen LogP contribution in [0.25, 0.3) is 0 Å². The molecule has 11 heteroatoms. The molecule has 1 aliphatic rings. The van der Waals surface area contributed by atoms with Crippen LogP contribution in [0, 0.1) is 0 Å². The van der Waals surface area contributed by atoms with Crippen LogP contribution in [-0.4, -0.2) is 99.6 Å². The molecule has 0 aromatic rings. The summed E-state index contributed by atoms with van der Waals surface area (Å²) in [5.74, 6) is -1.23. The minimum absolute atomic E-state index is 0.0829. The van der Waals surface area contributed by atoms with Gasteiger partial charge in [-0.25, -0.2) is 0 Å². The van der Waals surface area contributed by atoms with Gasteiger partial charge < -0.3 is 45.1 Å². The molecule has 1 aliphatic heterocycles. The number of carbonyl (C=O) groups excluding carboxylic acids is 2. The highest BCUT2D eigenvalue weighted by Gasteiger charge is 2.47. The van der Waals surface area contributed by atoms with Crippen molar-refractivity contribution in [3.8, 4) is 0 Å². The van der Waals surface area contributed by atoms with Gasteiger partial charge in [0.05, 0.1) is 25.4 Å². The van der Waals surface area contributed by atoms with Crippen molar-refractivity contribution in [2.45, 2.75) is 301 Å². The Hall–Kier alpha value is -2.90. The third-order valence-corrected chi connectivity index (χ3v) is 13.9. The molecule has 0 aromatic heterocycles. The quantitative estimate of drug-likeness (QED) is 0.0195. The zero-order valence-electron chi connectivity index (χ0n) is 47.2. The second-order valence-corrected chi connectivity index (χ2v) is 20.7. The van der Waals surface area contributed by atoms with E-state index in [9.17, 15) is 35.1 Å². The predicted octanol–water partition coefficient (Wildman–Crippen LogP) is 14.0. The lowest BCUT2D eigenvalue weighted by atomic mass is 9.99. The lowest BCUT2D eigenvalue weighted by Crippen LogP contribution is -2.61. The van der Waals surface area contributed by atoms with Gasteiger partial charge in [-0.15, -0.1) is 0 Å². The van der Waals surface area contributed by atoms with E-state index in [1.807, 2.05) is 6.08 Å². The fourth-order valence-electron chi connectivity index (χ4n) is 9.09. The van der Waals surface area contributed by atoms with Gasteiger partial charge in [-0.1, -0.05) is 248 Å². The molecular weight excluding hydrogens is 931 g/mol. The molecule has 1 heterocycles. The number of hydrogen-bond acceptors (Lipinski definition) is 10. The molecule has 1 amide bonds. The van der Waals surface area contributed by atoms with Crippen molar-refractivity contribution in [2.24, 2.45) is 0 Å². The maximum atomic E-state index is 13.4. The molecule has 0 radical (unpaired) electrons. The lowest BCUT2D eigenvalue weighted by molar-refractivity contribution is -0.305. The van der Waals surface area contributed by atoms with Crippen molar-refractivity contribution in [3.63, 3.8) is 0 Å². The van der Waals surface area contributed by atoms with Crippen LogP contribution >= 0.6 is 0 Å². The number of carbonyl (C=O) groups is 2. The number of aliphatic hydroxyl groups excluding tert-OH is 5. The molecule has 0 aromatic carbocycles. The van der Waals surface area contributed by atoms with Crippen LogP contribution in [0.5, 0.6) is 0 Å². The fourth-order valence-corrected chi connectivity index (χ4v) is 9.09. The van der Waals surface area contributed by atoms with Crippen LogP contribution in [0.4, 0.5) is 0 Å². The van der Waals surface area contributed by atoms with Crippen LogP contribution in [0.2, 0.25) is 0 Å². The van der Waals surface area contributed by atoms with Gasteiger partial charge in [-0.05, 0) is 70.6 Å². The van der Waals surface area contributed by atoms with E-state index in [2.05, 4.69) is 86.8 Å². The lowest BCUT2D eigenvalue weighted by Gasteiger charge is -2.41. The summed E-state index contributed by atoms with van der Waals surface area (Å²) in [7, 11) is 0. The highest BCUT2D eigenvalue weighted by molar-refractivity contribution is 5.80. The number of hydrogen-bond donors (Lipinski definition) is 6. The minimum Gasteiger partial charge on any atom is -0.454 e. The Morgan fingerprint density at radius 2 is 0.973 bits per heavy atom. The summed E-state index contributed by atoms with van der Waals surface area (Å²) in [6, 6.07) is -1.03. The van der Waals surface area contributed by atoms with Crippen LogP contribution in [0.3, 0.4) is 0 Å².